The first kappa shape index (κ1) is 21.1. The molecular weight excluding hydrogens is 423 g/mol. The van der Waals surface area contributed by atoms with E-state index < -0.39 is 23.7 Å². The van der Waals surface area contributed by atoms with Crippen molar-refractivity contribution in [1.29, 1.82) is 0 Å². The molecule has 1 aromatic heterocycles. The van der Waals surface area contributed by atoms with Crippen molar-refractivity contribution in [3.63, 3.8) is 0 Å². The summed E-state index contributed by atoms with van der Waals surface area (Å²) in [4.78, 5) is 16.8. The fourth-order valence-electron chi connectivity index (χ4n) is 3.80. The molecule has 3 aromatic carbocycles. The highest BCUT2D eigenvalue weighted by atomic mass is 19.1. The molecule has 7 heteroatoms. The van der Waals surface area contributed by atoms with Crippen molar-refractivity contribution < 1.29 is 23.4 Å². The van der Waals surface area contributed by atoms with E-state index >= 15 is 0 Å². The summed E-state index contributed by atoms with van der Waals surface area (Å²) in [6.45, 7) is 0.327. The minimum Gasteiger partial charge on any atom is -0.425 e. The summed E-state index contributed by atoms with van der Waals surface area (Å²) < 4.78 is 32.6. The molecule has 0 bridgehead atoms. The number of carbonyl (C=O) groups excluding carboxylic acids is 1. The Kier molecular flexibility index (Phi) is 5.73. The summed E-state index contributed by atoms with van der Waals surface area (Å²) in [5.41, 5.74) is 2.93. The molecule has 2 heterocycles. The quantitative estimate of drug-likeness (QED) is 0.322. The van der Waals surface area contributed by atoms with Gasteiger partial charge in [-0.1, -0.05) is 54.6 Å². The largest absolute Gasteiger partial charge is 0.425 e. The second-order valence-electron chi connectivity index (χ2n) is 7.72. The Morgan fingerprint density at radius 3 is 2.45 bits per heavy atom. The number of imidazole rings is 1. The Bertz CT molecular complexity index is 1210. The zero-order valence-electron chi connectivity index (χ0n) is 17.6. The van der Waals surface area contributed by atoms with E-state index in [0.717, 1.165) is 16.7 Å². The van der Waals surface area contributed by atoms with Gasteiger partial charge >= 0.3 is 5.97 Å². The van der Waals surface area contributed by atoms with Gasteiger partial charge in [-0.25, -0.2) is 14.2 Å². The third-order valence-corrected chi connectivity index (χ3v) is 5.48. The minimum atomic E-state index is -1.19. The van der Waals surface area contributed by atoms with Gasteiger partial charge in [0.2, 0.25) is 5.79 Å². The fraction of sp³-hybridized carbons (Fsp3) is 0.154. The van der Waals surface area contributed by atoms with Gasteiger partial charge in [-0.2, -0.15) is 0 Å². The van der Waals surface area contributed by atoms with Gasteiger partial charge in [0.15, 0.2) is 6.10 Å². The summed E-state index contributed by atoms with van der Waals surface area (Å²) in [5, 5.41) is 0. The number of esters is 1. The van der Waals surface area contributed by atoms with Crippen LogP contribution in [0.25, 0.3) is 11.1 Å². The topological polar surface area (TPSA) is 62.6 Å². The second kappa shape index (κ2) is 8.97. The summed E-state index contributed by atoms with van der Waals surface area (Å²) >= 11 is 0. The van der Waals surface area contributed by atoms with Crippen LogP contribution < -0.4 is 4.74 Å². The zero-order valence-corrected chi connectivity index (χ0v) is 17.6. The lowest BCUT2D eigenvalue weighted by Gasteiger charge is -2.29. The van der Waals surface area contributed by atoms with Crippen molar-refractivity contribution in [2.24, 2.45) is 0 Å². The van der Waals surface area contributed by atoms with Crippen LogP contribution in [-0.2, 0) is 26.6 Å². The molecule has 1 aliphatic rings. The van der Waals surface area contributed by atoms with E-state index in [1.54, 1.807) is 18.7 Å². The van der Waals surface area contributed by atoms with Crippen LogP contribution in [0.1, 0.15) is 5.56 Å². The van der Waals surface area contributed by atoms with E-state index in [-0.39, 0.29) is 12.4 Å². The Labute approximate surface area is 190 Å². The minimum absolute atomic E-state index is 0.0230. The molecule has 0 saturated carbocycles. The van der Waals surface area contributed by atoms with Crippen molar-refractivity contribution in [3.8, 4) is 16.9 Å². The Hall–Kier alpha value is -3.81. The number of halogens is 1. The van der Waals surface area contributed by atoms with Gasteiger partial charge in [-0.15, -0.1) is 0 Å². The first-order valence-corrected chi connectivity index (χ1v) is 10.5. The molecule has 33 heavy (non-hydrogen) atoms. The van der Waals surface area contributed by atoms with Crippen LogP contribution in [0.3, 0.4) is 0 Å². The summed E-state index contributed by atoms with van der Waals surface area (Å²) in [7, 11) is 0. The first-order chi connectivity index (χ1) is 16.1. The maximum absolute atomic E-state index is 13.1. The molecule has 1 saturated heterocycles. The maximum atomic E-state index is 13.1. The van der Waals surface area contributed by atoms with E-state index in [1.807, 2.05) is 59.2 Å². The molecule has 0 unspecified atom stereocenters. The van der Waals surface area contributed by atoms with E-state index in [1.165, 1.54) is 24.3 Å². The lowest BCUT2D eigenvalue weighted by molar-refractivity contribution is -0.193. The van der Waals surface area contributed by atoms with Crippen LogP contribution in [0.2, 0.25) is 0 Å². The fourth-order valence-corrected chi connectivity index (χ4v) is 3.80. The Morgan fingerprint density at radius 1 is 1.03 bits per heavy atom. The molecule has 0 amide bonds. The normalized spacial score (nSPS) is 20.0. The number of ether oxygens (including phenoxy) is 3. The van der Waals surface area contributed by atoms with E-state index in [9.17, 15) is 9.18 Å². The average molecular weight is 444 g/mol. The van der Waals surface area contributed by atoms with Gasteiger partial charge in [0.25, 0.3) is 0 Å². The van der Waals surface area contributed by atoms with Gasteiger partial charge in [-0.3, -0.25) is 0 Å². The molecule has 2 atom stereocenters. The first-order valence-electron chi connectivity index (χ1n) is 10.5. The monoisotopic (exact) mass is 444 g/mol. The number of benzene rings is 3. The molecule has 4 aromatic rings. The summed E-state index contributed by atoms with van der Waals surface area (Å²) in [6, 6.07) is 23.2. The molecule has 6 nitrogen and oxygen atoms in total. The van der Waals surface area contributed by atoms with Crippen LogP contribution in [-0.4, -0.2) is 28.2 Å². The predicted octanol–water partition coefficient (Wildman–Crippen LogP) is 4.56. The third-order valence-electron chi connectivity index (χ3n) is 5.48. The number of hydrogen-bond donors (Lipinski definition) is 0. The van der Waals surface area contributed by atoms with Crippen LogP contribution in [0.4, 0.5) is 4.39 Å². The second-order valence-corrected chi connectivity index (χ2v) is 7.72. The van der Waals surface area contributed by atoms with Gasteiger partial charge in [-0.05, 0) is 35.4 Å². The molecule has 0 N–H and O–H groups in total. The number of aromatic nitrogens is 2. The van der Waals surface area contributed by atoms with Crippen molar-refractivity contribution in [1.82, 2.24) is 9.55 Å². The summed E-state index contributed by atoms with van der Waals surface area (Å²) in [6.07, 6.45) is 4.20. The van der Waals surface area contributed by atoms with E-state index in [0.29, 0.717) is 6.54 Å². The Morgan fingerprint density at radius 2 is 1.76 bits per heavy atom. The molecule has 166 valence electrons. The number of rotatable bonds is 6. The standard InChI is InChI=1S/C26H21FN2O4/c27-22-10-12-23(13-11-22)32-25(30)24-16-31-26(33-24,17-29-15-14-28-18-29)21-8-6-20(7-9-21)19-4-2-1-3-5-19/h1-15,18,24H,16-17H2/t24-,26-/m0/s1. The van der Waals surface area contributed by atoms with Crippen LogP contribution in [0.5, 0.6) is 5.75 Å². The lowest BCUT2D eigenvalue weighted by atomic mass is 10.00. The van der Waals surface area contributed by atoms with E-state index in [4.69, 9.17) is 14.2 Å². The zero-order chi connectivity index (χ0) is 22.7. The number of nitrogens with zero attached hydrogens (tertiary/aromatic N) is 2. The van der Waals surface area contributed by atoms with Crippen molar-refractivity contribution in [3.05, 3.63) is 109 Å². The number of carbonyl (C=O) groups is 1. The maximum Gasteiger partial charge on any atom is 0.343 e. The van der Waals surface area contributed by atoms with Crippen LogP contribution in [0, 0.1) is 5.82 Å². The highest BCUT2D eigenvalue weighted by Crippen LogP contribution is 2.37. The van der Waals surface area contributed by atoms with E-state index in [2.05, 4.69) is 4.98 Å². The van der Waals surface area contributed by atoms with Crippen molar-refractivity contribution in [2.45, 2.75) is 18.4 Å². The lowest BCUT2D eigenvalue weighted by Crippen LogP contribution is -2.35. The highest BCUT2D eigenvalue weighted by molar-refractivity contribution is 5.77. The highest BCUT2D eigenvalue weighted by Gasteiger charge is 2.47. The van der Waals surface area contributed by atoms with Crippen molar-refractivity contribution in [2.75, 3.05) is 6.61 Å². The predicted molar refractivity (Wildman–Crippen MR) is 119 cm³/mol. The van der Waals surface area contributed by atoms with Gasteiger partial charge in [0, 0.05) is 18.0 Å². The van der Waals surface area contributed by atoms with Crippen LogP contribution >= 0.6 is 0 Å². The molecule has 0 spiro atoms. The molecule has 1 fully saturated rings. The molecule has 1 aliphatic heterocycles. The van der Waals surface area contributed by atoms with Gasteiger partial charge in [0.1, 0.15) is 11.6 Å². The average Bonchev–Trinajstić information content (AvgIpc) is 3.52. The molecule has 5 rings (SSSR count). The van der Waals surface area contributed by atoms with Crippen molar-refractivity contribution >= 4 is 5.97 Å². The molecule has 0 radical (unpaired) electrons. The van der Waals surface area contributed by atoms with Gasteiger partial charge < -0.3 is 18.8 Å². The smallest absolute Gasteiger partial charge is 0.343 e. The van der Waals surface area contributed by atoms with Gasteiger partial charge in [0.05, 0.1) is 19.5 Å². The third kappa shape index (κ3) is 4.55. The Balaban J connectivity index is 1.39. The summed E-state index contributed by atoms with van der Waals surface area (Å²) in [5.74, 6) is -1.96. The number of hydrogen-bond acceptors (Lipinski definition) is 5. The SMILES string of the molecule is O=C(Oc1ccc(F)cc1)[C@@H]1CO[C@](Cn2ccnc2)(c2ccc(-c3ccccc3)cc2)O1. The molecular formula is C26H21FN2O4. The molecule has 0 aliphatic carbocycles. The van der Waals surface area contributed by atoms with Crippen LogP contribution in [0.15, 0.2) is 97.6 Å².